The normalized spacial score (nSPS) is 17.2. The minimum absolute atomic E-state index is 0.677. The lowest BCUT2D eigenvalue weighted by Crippen LogP contribution is -2.26. The van der Waals surface area contributed by atoms with Gasteiger partial charge in [-0.3, -0.25) is 4.68 Å². The Morgan fingerprint density at radius 3 is 2.75 bits per heavy atom. The fourth-order valence-electron chi connectivity index (χ4n) is 2.41. The Bertz CT molecular complexity index is 353. The van der Waals surface area contributed by atoms with Crippen LogP contribution in [0.3, 0.4) is 0 Å². The third-order valence-corrected chi connectivity index (χ3v) is 3.86. The summed E-state index contributed by atoms with van der Waals surface area (Å²) in [5.41, 5.74) is 2.07. The maximum atomic E-state index is 6.25. The third-order valence-electron chi connectivity index (χ3n) is 3.37. The number of hydrogen-bond donors (Lipinski definition) is 1. The van der Waals surface area contributed by atoms with Gasteiger partial charge < -0.3 is 5.32 Å². The van der Waals surface area contributed by atoms with Gasteiger partial charge in [-0.25, -0.2) is 0 Å². The molecule has 0 spiro atoms. The van der Waals surface area contributed by atoms with Crippen LogP contribution in [-0.2, 0) is 13.1 Å². The smallest absolute Gasteiger partial charge is 0.0860 e. The van der Waals surface area contributed by atoms with Gasteiger partial charge in [0.05, 0.1) is 16.4 Å². The lowest BCUT2D eigenvalue weighted by molar-refractivity contribution is 0.498. The third kappa shape index (κ3) is 2.41. The maximum Gasteiger partial charge on any atom is 0.0860 e. The molecule has 1 aromatic heterocycles. The average Bonchev–Trinajstić information content (AvgIpc) is 2.87. The molecule has 1 saturated carbocycles. The zero-order valence-corrected chi connectivity index (χ0v) is 10.8. The fourth-order valence-corrected chi connectivity index (χ4v) is 2.61. The minimum Gasteiger partial charge on any atom is -0.308 e. The van der Waals surface area contributed by atoms with E-state index in [1.807, 2.05) is 11.6 Å². The summed E-state index contributed by atoms with van der Waals surface area (Å²) in [6.45, 7) is 5.79. The van der Waals surface area contributed by atoms with Crippen molar-refractivity contribution in [1.82, 2.24) is 15.1 Å². The molecule has 0 aromatic carbocycles. The molecule has 1 heterocycles. The number of hydrogen-bond acceptors (Lipinski definition) is 2. The van der Waals surface area contributed by atoms with Crippen molar-refractivity contribution in [3.63, 3.8) is 0 Å². The number of aryl methyl sites for hydroxylation is 2. The highest BCUT2D eigenvalue weighted by atomic mass is 35.5. The first-order valence-corrected chi connectivity index (χ1v) is 6.55. The van der Waals surface area contributed by atoms with Crippen LogP contribution in [0, 0.1) is 6.92 Å². The van der Waals surface area contributed by atoms with E-state index in [-0.39, 0.29) is 0 Å². The molecule has 0 amide bonds. The van der Waals surface area contributed by atoms with Gasteiger partial charge in [-0.1, -0.05) is 24.4 Å². The van der Waals surface area contributed by atoms with E-state index >= 15 is 0 Å². The molecule has 90 valence electrons. The molecule has 2 rings (SSSR count). The van der Waals surface area contributed by atoms with E-state index in [0.29, 0.717) is 6.04 Å². The molecule has 3 nitrogen and oxygen atoms in total. The molecule has 1 aromatic rings. The topological polar surface area (TPSA) is 29.9 Å². The highest BCUT2D eigenvalue weighted by molar-refractivity contribution is 6.31. The van der Waals surface area contributed by atoms with Gasteiger partial charge in [0.1, 0.15) is 0 Å². The zero-order valence-electron chi connectivity index (χ0n) is 10.1. The summed E-state index contributed by atoms with van der Waals surface area (Å²) in [6.07, 6.45) is 5.32. The summed E-state index contributed by atoms with van der Waals surface area (Å²) in [5, 5.41) is 8.83. The van der Waals surface area contributed by atoms with E-state index in [9.17, 15) is 0 Å². The summed E-state index contributed by atoms with van der Waals surface area (Å²) in [5.74, 6) is 0. The predicted octanol–water partition coefficient (Wildman–Crippen LogP) is 2.90. The van der Waals surface area contributed by atoms with E-state index in [1.165, 1.54) is 25.7 Å². The Kier molecular flexibility index (Phi) is 3.87. The van der Waals surface area contributed by atoms with E-state index < -0.39 is 0 Å². The second-order valence-corrected chi connectivity index (χ2v) is 4.90. The van der Waals surface area contributed by atoms with Crippen LogP contribution in [0.15, 0.2) is 0 Å². The molecular weight excluding hydrogens is 222 g/mol. The predicted molar refractivity (Wildman–Crippen MR) is 66.7 cm³/mol. The van der Waals surface area contributed by atoms with Gasteiger partial charge in [0.25, 0.3) is 0 Å². The Labute approximate surface area is 102 Å². The van der Waals surface area contributed by atoms with Gasteiger partial charge in [0.15, 0.2) is 0 Å². The van der Waals surface area contributed by atoms with Gasteiger partial charge in [0.2, 0.25) is 0 Å². The quantitative estimate of drug-likeness (QED) is 0.879. The highest BCUT2D eigenvalue weighted by Gasteiger charge is 2.17. The molecule has 16 heavy (non-hydrogen) atoms. The van der Waals surface area contributed by atoms with Crippen molar-refractivity contribution < 1.29 is 0 Å². The SMILES string of the molecule is CCn1nc(C)c(Cl)c1CNC1CCCC1. The molecular formula is C12H20ClN3. The highest BCUT2D eigenvalue weighted by Crippen LogP contribution is 2.22. The van der Waals surface area contributed by atoms with Gasteiger partial charge in [0, 0.05) is 19.1 Å². The number of nitrogens with zero attached hydrogens (tertiary/aromatic N) is 2. The van der Waals surface area contributed by atoms with Gasteiger partial charge in [-0.05, 0) is 26.7 Å². The van der Waals surface area contributed by atoms with Crippen molar-refractivity contribution in [2.45, 2.75) is 58.7 Å². The van der Waals surface area contributed by atoms with Crippen LogP contribution in [0.1, 0.15) is 44.0 Å². The largest absolute Gasteiger partial charge is 0.308 e. The van der Waals surface area contributed by atoms with Crippen molar-refractivity contribution in [1.29, 1.82) is 0 Å². The van der Waals surface area contributed by atoms with E-state index in [2.05, 4.69) is 17.3 Å². The zero-order chi connectivity index (χ0) is 11.5. The first-order chi connectivity index (χ1) is 7.72. The summed E-state index contributed by atoms with van der Waals surface area (Å²) in [4.78, 5) is 0. The van der Waals surface area contributed by atoms with Crippen molar-refractivity contribution in [3.05, 3.63) is 16.4 Å². The summed E-state index contributed by atoms with van der Waals surface area (Å²) < 4.78 is 2.00. The second kappa shape index (κ2) is 5.19. The first-order valence-electron chi connectivity index (χ1n) is 6.17. The molecule has 1 N–H and O–H groups in total. The maximum absolute atomic E-state index is 6.25. The first kappa shape index (κ1) is 11.9. The lowest BCUT2D eigenvalue weighted by Gasteiger charge is -2.12. The number of nitrogens with one attached hydrogen (secondary N) is 1. The summed E-state index contributed by atoms with van der Waals surface area (Å²) >= 11 is 6.25. The molecule has 4 heteroatoms. The molecule has 1 aliphatic carbocycles. The van der Waals surface area contributed by atoms with Crippen molar-refractivity contribution in [2.24, 2.45) is 0 Å². The average molecular weight is 242 g/mol. The van der Waals surface area contributed by atoms with Crippen molar-refractivity contribution >= 4 is 11.6 Å². The molecule has 1 fully saturated rings. The van der Waals surface area contributed by atoms with Crippen LogP contribution < -0.4 is 5.32 Å². The molecule has 0 aliphatic heterocycles. The van der Waals surface area contributed by atoms with Gasteiger partial charge in [-0.15, -0.1) is 0 Å². The van der Waals surface area contributed by atoms with Crippen LogP contribution in [-0.4, -0.2) is 15.8 Å². The number of aromatic nitrogens is 2. The molecule has 0 radical (unpaired) electrons. The summed E-state index contributed by atoms with van der Waals surface area (Å²) in [6, 6.07) is 0.677. The Balaban J connectivity index is 2.01. The van der Waals surface area contributed by atoms with Crippen LogP contribution in [0.4, 0.5) is 0 Å². The van der Waals surface area contributed by atoms with Gasteiger partial charge in [-0.2, -0.15) is 5.10 Å². The van der Waals surface area contributed by atoms with Gasteiger partial charge >= 0.3 is 0 Å². The van der Waals surface area contributed by atoms with Crippen molar-refractivity contribution in [2.75, 3.05) is 0 Å². The van der Waals surface area contributed by atoms with E-state index in [1.54, 1.807) is 0 Å². The van der Waals surface area contributed by atoms with Crippen LogP contribution in [0.25, 0.3) is 0 Å². The van der Waals surface area contributed by atoms with Crippen LogP contribution in [0.2, 0.25) is 5.02 Å². The minimum atomic E-state index is 0.677. The molecule has 1 aliphatic rings. The summed E-state index contributed by atoms with van der Waals surface area (Å²) in [7, 11) is 0. The fraction of sp³-hybridized carbons (Fsp3) is 0.750. The lowest BCUT2D eigenvalue weighted by atomic mass is 10.2. The standard InChI is InChI=1S/C12H20ClN3/c1-3-16-11(12(13)9(2)15-16)8-14-10-6-4-5-7-10/h10,14H,3-8H2,1-2H3. The Morgan fingerprint density at radius 1 is 1.44 bits per heavy atom. The number of halogens is 1. The van der Waals surface area contributed by atoms with Crippen LogP contribution in [0.5, 0.6) is 0 Å². The number of rotatable bonds is 4. The molecule has 0 atom stereocenters. The second-order valence-electron chi connectivity index (χ2n) is 4.52. The Hall–Kier alpha value is -0.540. The molecule has 0 unspecified atom stereocenters. The monoisotopic (exact) mass is 241 g/mol. The van der Waals surface area contributed by atoms with E-state index in [4.69, 9.17) is 11.6 Å². The molecule has 0 saturated heterocycles. The van der Waals surface area contributed by atoms with E-state index in [0.717, 1.165) is 29.5 Å². The van der Waals surface area contributed by atoms with Crippen LogP contribution >= 0.6 is 11.6 Å². The molecule has 0 bridgehead atoms. The van der Waals surface area contributed by atoms with Crippen molar-refractivity contribution in [3.8, 4) is 0 Å². The Morgan fingerprint density at radius 2 is 2.12 bits per heavy atom.